The molecule has 0 radical (unpaired) electrons. The minimum absolute atomic E-state index is 0. The van der Waals surface area contributed by atoms with Gasteiger partial charge in [-0.25, -0.2) is 0 Å². The fourth-order valence-electron chi connectivity index (χ4n) is 1.23. The molecule has 4 nitrogen and oxygen atoms in total. The molecule has 1 unspecified atom stereocenters. The summed E-state index contributed by atoms with van der Waals surface area (Å²) in [6.45, 7) is 3.54. The van der Waals surface area contributed by atoms with E-state index in [-0.39, 0.29) is 41.2 Å². The maximum absolute atomic E-state index is 10.8. The maximum atomic E-state index is 10.8. The fraction of sp³-hybridized carbons (Fsp3) is 0.333. The van der Waals surface area contributed by atoms with Crippen LogP contribution in [0.25, 0.3) is 0 Å². The van der Waals surface area contributed by atoms with Crippen LogP contribution < -0.4 is 34.7 Å². The van der Waals surface area contributed by atoms with E-state index in [0.29, 0.717) is 0 Å². The average Bonchev–Trinajstić information content (AvgIpc) is 2.20. The van der Waals surface area contributed by atoms with Gasteiger partial charge >= 0.3 is 29.6 Å². The van der Waals surface area contributed by atoms with Gasteiger partial charge in [0.1, 0.15) is 5.75 Å². The molecule has 0 bridgehead atoms. The summed E-state index contributed by atoms with van der Waals surface area (Å²) in [5.74, 6) is -1.12. The minimum atomic E-state index is -1.18. The first kappa shape index (κ1) is 16.2. The Bertz CT molecular complexity index is 387. The molecule has 0 aliphatic carbocycles. The number of phenolic OH excluding ortho intramolecular Hbond substituents is 1. The first-order valence-electron chi connectivity index (χ1n) is 5.04. The molecule has 0 aliphatic rings. The number of aliphatic imine (C=N–C) groups is 1. The second-order valence-electron chi connectivity index (χ2n) is 3.88. The molecule has 0 fully saturated rings. The Balaban J connectivity index is 0.00000256. The molecule has 0 saturated carbocycles. The third-order valence-corrected chi connectivity index (χ3v) is 2.15. The van der Waals surface area contributed by atoms with Crippen LogP contribution in [0, 0.1) is 5.92 Å². The standard InChI is InChI=1S/C12H15NO3.Na/c1-8(2)11(12(15)16)13-7-9-3-5-10(14)6-4-9;/h3-8,11,14H,1-2H3,(H,15,16);/q;+1/p-1. The van der Waals surface area contributed by atoms with Crippen molar-refractivity contribution in [1.29, 1.82) is 0 Å². The van der Waals surface area contributed by atoms with Gasteiger partial charge in [0.15, 0.2) is 0 Å². The summed E-state index contributed by atoms with van der Waals surface area (Å²) >= 11 is 0. The first-order chi connectivity index (χ1) is 7.50. The number of phenols is 1. The molecule has 1 aromatic carbocycles. The number of aliphatic carboxylic acids is 1. The van der Waals surface area contributed by atoms with E-state index in [2.05, 4.69) is 4.99 Å². The van der Waals surface area contributed by atoms with E-state index in [1.165, 1.54) is 18.3 Å². The van der Waals surface area contributed by atoms with Crippen molar-refractivity contribution in [2.45, 2.75) is 19.9 Å². The Labute approximate surface area is 123 Å². The number of carboxylic acid groups (broad SMARTS) is 1. The molecule has 17 heavy (non-hydrogen) atoms. The van der Waals surface area contributed by atoms with Crippen molar-refractivity contribution in [2.75, 3.05) is 0 Å². The number of rotatable bonds is 4. The van der Waals surface area contributed by atoms with Gasteiger partial charge < -0.3 is 15.0 Å². The fourth-order valence-corrected chi connectivity index (χ4v) is 1.23. The monoisotopic (exact) mass is 243 g/mol. The molecule has 1 N–H and O–H groups in total. The van der Waals surface area contributed by atoms with Crippen LogP contribution in [-0.2, 0) is 4.79 Å². The van der Waals surface area contributed by atoms with Gasteiger partial charge in [-0.05, 0) is 35.7 Å². The zero-order chi connectivity index (χ0) is 12.1. The van der Waals surface area contributed by atoms with Gasteiger partial charge in [-0.3, -0.25) is 4.99 Å². The number of benzene rings is 1. The van der Waals surface area contributed by atoms with E-state index in [0.717, 1.165) is 5.56 Å². The Morgan fingerprint density at radius 3 is 2.29 bits per heavy atom. The van der Waals surface area contributed by atoms with Crippen molar-refractivity contribution in [3.63, 3.8) is 0 Å². The molecule has 1 atom stereocenters. The van der Waals surface area contributed by atoms with Gasteiger partial charge in [-0.15, -0.1) is 0 Å². The van der Waals surface area contributed by atoms with Crippen LogP contribution in [0.3, 0.4) is 0 Å². The van der Waals surface area contributed by atoms with Crippen molar-refractivity contribution in [2.24, 2.45) is 10.9 Å². The van der Waals surface area contributed by atoms with Crippen LogP contribution >= 0.6 is 0 Å². The summed E-state index contributed by atoms with van der Waals surface area (Å²) in [7, 11) is 0. The quantitative estimate of drug-likeness (QED) is 0.473. The first-order valence-corrected chi connectivity index (χ1v) is 5.04. The minimum Gasteiger partial charge on any atom is -0.548 e. The summed E-state index contributed by atoms with van der Waals surface area (Å²) in [4.78, 5) is 14.7. The van der Waals surface area contributed by atoms with Crippen molar-refractivity contribution in [3.8, 4) is 5.75 Å². The average molecular weight is 243 g/mol. The second kappa shape index (κ2) is 7.48. The van der Waals surface area contributed by atoms with E-state index in [9.17, 15) is 9.90 Å². The van der Waals surface area contributed by atoms with Crippen LogP contribution in [-0.4, -0.2) is 23.3 Å². The summed E-state index contributed by atoms with van der Waals surface area (Å²) in [5, 5.41) is 19.8. The van der Waals surface area contributed by atoms with Gasteiger partial charge in [-0.1, -0.05) is 13.8 Å². The smallest absolute Gasteiger partial charge is 0.548 e. The molecule has 0 heterocycles. The van der Waals surface area contributed by atoms with E-state index in [4.69, 9.17) is 5.11 Å². The van der Waals surface area contributed by atoms with Crippen LogP contribution in [0.4, 0.5) is 0 Å². The second-order valence-corrected chi connectivity index (χ2v) is 3.88. The van der Waals surface area contributed by atoms with Crippen LogP contribution in [0.1, 0.15) is 19.4 Å². The molecular weight excluding hydrogens is 229 g/mol. The normalized spacial score (nSPS) is 12.4. The van der Waals surface area contributed by atoms with Crippen molar-refractivity contribution in [1.82, 2.24) is 0 Å². The van der Waals surface area contributed by atoms with E-state index in [1.54, 1.807) is 26.0 Å². The van der Waals surface area contributed by atoms with E-state index < -0.39 is 12.0 Å². The van der Waals surface area contributed by atoms with Gasteiger partial charge in [0.2, 0.25) is 0 Å². The molecule has 1 aromatic rings. The Kier molecular flexibility index (Phi) is 7.11. The zero-order valence-electron chi connectivity index (χ0n) is 10.3. The SMILES string of the molecule is CC(C)C(N=Cc1ccc(O)cc1)C(=O)[O-].[Na+]. The molecule has 1 rings (SSSR count). The van der Waals surface area contributed by atoms with Crippen LogP contribution in [0.15, 0.2) is 29.3 Å². The summed E-state index contributed by atoms with van der Waals surface area (Å²) in [5.41, 5.74) is 0.740. The van der Waals surface area contributed by atoms with Gasteiger partial charge in [0.05, 0.1) is 12.0 Å². The number of carbonyl (C=O) groups excluding carboxylic acids is 1. The van der Waals surface area contributed by atoms with Gasteiger partial charge in [0, 0.05) is 6.21 Å². The molecular formula is C12H14NNaO3. The Morgan fingerprint density at radius 1 is 1.35 bits per heavy atom. The molecule has 0 spiro atoms. The number of hydrogen-bond acceptors (Lipinski definition) is 4. The molecule has 0 aromatic heterocycles. The van der Waals surface area contributed by atoms with E-state index in [1.807, 2.05) is 0 Å². The van der Waals surface area contributed by atoms with Crippen molar-refractivity contribution < 1.29 is 44.6 Å². The largest absolute Gasteiger partial charge is 1.00 e. The third kappa shape index (κ3) is 5.35. The predicted octanol–water partition coefficient (Wildman–Crippen LogP) is -2.41. The number of hydrogen-bond donors (Lipinski definition) is 1. The summed E-state index contributed by atoms with van der Waals surface area (Å²) in [6.07, 6.45) is 1.47. The van der Waals surface area contributed by atoms with Crippen molar-refractivity contribution in [3.05, 3.63) is 29.8 Å². The summed E-state index contributed by atoms with van der Waals surface area (Å²) in [6, 6.07) is 5.51. The predicted molar refractivity (Wildman–Crippen MR) is 59.3 cm³/mol. The van der Waals surface area contributed by atoms with Gasteiger partial charge in [0.25, 0.3) is 0 Å². The number of aromatic hydroxyl groups is 1. The van der Waals surface area contributed by atoms with E-state index >= 15 is 0 Å². The number of carbonyl (C=O) groups is 1. The molecule has 0 aliphatic heterocycles. The number of carboxylic acids is 1. The maximum Gasteiger partial charge on any atom is 1.00 e. The zero-order valence-corrected chi connectivity index (χ0v) is 12.3. The summed E-state index contributed by atoms with van der Waals surface area (Å²) < 4.78 is 0. The molecule has 86 valence electrons. The molecule has 5 heteroatoms. The van der Waals surface area contributed by atoms with Crippen molar-refractivity contribution >= 4 is 12.2 Å². The van der Waals surface area contributed by atoms with Crippen LogP contribution in [0.5, 0.6) is 5.75 Å². The Hall–Kier alpha value is -0.840. The van der Waals surface area contributed by atoms with Crippen LogP contribution in [0.2, 0.25) is 0 Å². The van der Waals surface area contributed by atoms with Gasteiger partial charge in [-0.2, -0.15) is 0 Å². The Morgan fingerprint density at radius 2 is 1.88 bits per heavy atom. The topological polar surface area (TPSA) is 72.7 Å². The third-order valence-electron chi connectivity index (χ3n) is 2.15. The molecule has 0 amide bonds. The number of nitrogens with zero attached hydrogens (tertiary/aromatic N) is 1. The molecule has 0 saturated heterocycles.